The van der Waals surface area contributed by atoms with E-state index in [1.807, 2.05) is 6.92 Å². The predicted octanol–water partition coefficient (Wildman–Crippen LogP) is 2.01. The molecule has 1 rings (SSSR count). The molecular weight excluding hydrogens is 240 g/mol. The Balaban J connectivity index is 2.79. The first-order valence-electron chi connectivity index (χ1n) is 5.21. The zero-order valence-electron chi connectivity index (χ0n) is 9.84. The number of thioether (sulfide) groups is 1. The van der Waals surface area contributed by atoms with Crippen LogP contribution >= 0.6 is 11.8 Å². The van der Waals surface area contributed by atoms with Crippen molar-refractivity contribution in [2.75, 3.05) is 13.7 Å². The summed E-state index contributed by atoms with van der Waals surface area (Å²) < 4.78 is 5.04. The first kappa shape index (κ1) is 13.9. The van der Waals surface area contributed by atoms with Crippen LogP contribution in [0.1, 0.15) is 22.8 Å². The van der Waals surface area contributed by atoms with Gasteiger partial charge in [0.1, 0.15) is 11.3 Å². The molecule has 4 nitrogen and oxygen atoms in total. The predicted molar refractivity (Wildman–Crippen MR) is 67.8 cm³/mol. The molecular formula is C12H16O4S. The topological polar surface area (TPSA) is 66.8 Å². The van der Waals surface area contributed by atoms with Crippen LogP contribution in [0.4, 0.5) is 0 Å². The molecule has 0 radical (unpaired) electrons. The second kappa shape index (κ2) is 6.51. The summed E-state index contributed by atoms with van der Waals surface area (Å²) >= 11 is 1.61. The highest BCUT2D eigenvalue weighted by molar-refractivity contribution is 7.99. The van der Waals surface area contributed by atoms with E-state index in [2.05, 4.69) is 0 Å². The van der Waals surface area contributed by atoms with E-state index in [1.165, 1.54) is 7.11 Å². The van der Waals surface area contributed by atoms with Gasteiger partial charge in [-0.3, -0.25) is 0 Å². The first-order valence-corrected chi connectivity index (χ1v) is 6.26. The van der Waals surface area contributed by atoms with Gasteiger partial charge in [-0.15, -0.1) is 0 Å². The fourth-order valence-corrected chi connectivity index (χ4v) is 2.06. The highest BCUT2D eigenvalue weighted by atomic mass is 32.2. The van der Waals surface area contributed by atoms with Crippen molar-refractivity contribution in [1.82, 2.24) is 0 Å². The first-order chi connectivity index (χ1) is 8.08. The van der Waals surface area contributed by atoms with E-state index in [0.29, 0.717) is 5.75 Å². The van der Waals surface area contributed by atoms with E-state index in [-0.39, 0.29) is 17.4 Å². The van der Waals surface area contributed by atoms with Gasteiger partial charge < -0.3 is 14.9 Å². The zero-order chi connectivity index (χ0) is 12.8. The second-order valence-corrected chi connectivity index (χ2v) is 5.07. The van der Waals surface area contributed by atoms with E-state index >= 15 is 0 Å². The minimum absolute atomic E-state index is 0.134. The molecule has 17 heavy (non-hydrogen) atoms. The normalized spacial score (nSPS) is 12.2. The molecule has 1 aromatic rings. The molecule has 5 heteroatoms. The third-order valence-corrected chi connectivity index (χ3v) is 3.51. The smallest absolute Gasteiger partial charge is 0.339 e. The third-order valence-electron chi connectivity index (χ3n) is 2.29. The number of methoxy groups -OCH3 is 1. The van der Waals surface area contributed by atoms with Crippen LogP contribution in [0.3, 0.4) is 0 Å². The lowest BCUT2D eigenvalue weighted by atomic mass is 10.1. The summed E-state index contributed by atoms with van der Waals surface area (Å²) in [6, 6.07) is 5.03. The number of benzene rings is 1. The molecule has 0 fully saturated rings. The third kappa shape index (κ3) is 3.94. The Morgan fingerprint density at radius 1 is 1.53 bits per heavy atom. The standard InChI is InChI=1S/C12H16O4S/c1-8(6-13)17-7-9-3-4-10(12(14)15)11(5-9)16-2/h3-5,8,13H,6-7H2,1-2H3,(H,14,15). The lowest BCUT2D eigenvalue weighted by Crippen LogP contribution is -2.03. The molecule has 0 aliphatic rings. The summed E-state index contributed by atoms with van der Waals surface area (Å²) in [6.07, 6.45) is 0. The lowest BCUT2D eigenvalue weighted by Gasteiger charge is -2.10. The number of aliphatic hydroxyl groups is 1. The van der Waals surface area contributed by atoms with Crippen molar-refractivity contribution >= 4 is 17.7 Å². The zero-order valence-corrected chi connectivity index (χ0v) is 10.7. The Labute approximate surface area is 105 Å². The molecule has 2 N–H and O–H groups in total. The maximum absolute atomic E-state index is 10.9. The van der Waals surface area contributed by atoms with Crippen molar-refractivity contribution < 1.29 is 19.7 Å². The van der Waals surface area contributed by atoms with Gasteiger partial charge in [0.15, 0.2) is 0 Å². The number of carbonyl (C=O) groups is 1. The van der Waals surface area contributed by atoms with E-state index in [4.69, 9.17) is 14.9 Å². The van der Waals surface area contributed by atoms with Gasteiger partial charge in [0.25, 0.3) is 0 Å². The number of hydrogen-bond acceptors (Lipinski definition) is 4. The van der Waals surface area contributed by atoms with Crippen LogP contribution in [0.15, 0.2) is 18.2 Å². The van der Waals surface area contributed by atoms with E-state index in [0.717, 1.165) is 11.3 Å². The van der Waals surface area contributed by atoms with Gasteiger partial charge in [0.2, 0.25) is 0 Å². The van der Waals surface area contributed by atoms with Gasteiger partial charge in [-0.1, -0.05) is 13.0 Å². The number of rotatable bonds is 6. The molecule has 0 amide bonds. The molecule has 0 saturated carbocycles. The van der Waals surface area contributed by atoms with Crippen LogP contribution in [-0.4, -0.2) is 35.1 Å². The number of carboxylic acid groups (broad SMARTS) is 1. The van der Waals surface area contributed by atoms with Crippen LogP contribution in [0, 0.1) is 0 Å². The van der Waals surface area contributed by atoms with Crippen LogP contribution in [0.5, 0.6) is 5.75 Å². The molecule has 1 aromatic carbocycles. The van der Waals surface area contributed by atoms with Gasteiger partial charge in [-0.2, -0.15) is 11.8 Å². The lowest BCUT2D eigenvalue weighted by molar-refractivity contribution is 0.0693. The molecule has 0 spiro atoms. The molecule has 1 unspecified atom stereocenters. The number of hydrogen-bond donors (Lipinski definition) is 2. The maximum Gasteiger partial charge on any atom is 0.339 e. The average Bonchev–Trinajstić information content (AvgIpc) is 2.35. The number of ether oxygens (including phenoxy) is 1. The maximum atomic E-state index is 10.9. The Morgan fingerprint density at radius 3 is 2.76 bits per heavy atom. The summed E-state index contributed by atoms with van der Waals surface area (Å²) in [5, 5.41) is 18.0. The SMILES string of the molecule is COc1cc(CSC(C)CO)ccc1C(=O)O. The van der Waals surface area contributed by atoms with Crippen molar-refractivity contribution in [2.24, 2.45) is 0 Å². The van der Waals surface area contributed by atoms with Crippen LogP contribution in [0.2, 0.25) is 0 Å². The largest absolute Gasteiger partial charge is 0.496 e. The Hall–Kier alpha value is -1.20. The van der Waals surface area contributed by atoms with Gasteiger partial charge in [-0.05, 0) is 17.7 Å². The molecule has 0 aliphatic carbocycles. The van der Waals surface area contributed by atoms with Crippen molar-refractivity contribution in [3.63, 3.8) is 0 Å². The minimum atomic E-state index is -0.996. The minimum Gasteiger partial charge on any atom is -0.496 e. The summed E-state index contributed by atoms with van der Waals surface area (Å²) in [4.78, 5) is 10.9. The average molecular weight is 256 g/mol. The fraction of sp³-hybridized carbons (Fsp3) is 0.417. The summed E-state index contributed by atoms with van der Waals surface area (Å²) in [5.41, 5.74) is 1.15. The van der Waals surface area contributed by atoms with Crippen molar-refractivity contribution in [3.05, 3.63) is 29.3 Å². The molecule has 0 saturated heterocycles. The molecule has 0 bridgehead atoms. The molecule has 0 aromatic heterocycles. The summed E-state index contributed by atoms with van der Waals surface area (Å²) in [5.74, 6) is 0.0925. The highest BCUT2D eigenvalue weighted by Gasteiger charge is 2.11. The molecule has 1 atom stereocenters. The van der Waals surface area contributed by atoms with Gasteiger partial charge >= 0.3 is 5.97 Å². The van der Waals surface area contributed by atoms with Gasteiger partial charge in [0, 0.05) is 11.0 Å². The Kier molecular flexibility index (Phi) is 5.31. The Morgan fingerprint density at radius 2 is 2.24 bits per heavy atom. The fourth-order valence-electron chi connectivity index (χ4n) is 1.29. The molecule has 0 aliphatic heterocycles. The van der Waals surface area contributed by atoms with Crippen LogP contribution < -0.4 is 4.74 Å². The van der Waals surface area contributed by atoms with E-state index in [9.17, 15) is 4.79 Å². The quantitative estimate of drug-likeness (QED) is 0.815. The number of aliphatic hydroxyl groups excluding tert-OH is 1. The molecule has 0 heterocycles. The van der Waals surface area contributed by atoms with E-state index in [1.54, 1.807) is 30.0 Å². The Bertz CT molecular complexity index is 392. The van der Waals surface area contributed by atoms with Crippen LogP contribution in [-0.2, 0) is 5.75 Å². The number of aromatic carboxylic acids is 1. The van der Waals surface area contributed by atoms with Gasteiger partial charge in [0.05, 0.1) is 13.7 Å². The van der Waals surface area contributed by atoms with Crippen LogP contribution in [0.25, 0.3) is 0 Å². The second-order valence-electron chi connectivity index (χ2n) is 3.64. The molecule has 94 valence electrons. The number of carboxylic acids is 1. The van der Waals surface area contributed by atoms with Gasteiger partial charge in [-0.25, -0.2) is 4.79 Å². The highest BCUT2D eigenvalue weighted by Crippen LogP contribution is 2.24. The summed E-state index contributed by atoms with van der Waals surface area (Å²) in [7, 11) is 1.45. The van der Waals surface area contributed by atoms with Crippen molar-refractivity contribution in [2.45, 2.75) is 17.9 Å². The van der Waals surface area contributed by atoms with Crippen molar-refractivity contribution in [1.29, 1.82) is 0 Å². The van der Waals surface area contributed by atoms with Crippen molar-refractivity contribution in [3.8, 4) is 5.75 Å². The van der Waals surface area contributed by atoms with E-state index < -0.39 is 5.97 Å². The monoisotopic (exact) mass is 256 g/mol. The summed E-state index contributed by atoms with van der Waals surface area (Å²) in [6.45, 7) is 2.07.